The van der Waals surface area contributed by atoms with Gasteiger partial charge in [0.15, 0.2) is 0 Å². The molecule has 2 heterocycles. The van der Waals surface area contributed by atoms with E-state index in [1.165, 1.54) is 24.2 Å². The van der Waals surface area contributed by atoms with E-state index >= 15 is 0 Å². The minimum atomic E-state index is -0.449. The van der Waals surface area contributed by atoms with Crippen molar-refractivity contribution in [1.82, 2.24) is 4.90 Å². The number of piperidine rings is 1. The Morgan fingerprint density at radius 1 is 1.23 bits per heavy atom. The van der Waals surface area contributed by atoms with Crippen molar-refractivity contribution < 1.29 is 9.59 Å². The summed E-state index contributed by atoms with van der Waals surface area (Å²) in [4.78, 5) is 28.2. The van der Waals surface area contributed by atoms with Gasteiger partial charge in [0, 0.05) is 18.5 Å². The molecule has 1 spiro atoms. The SMILES string of the molecule is Cc1cc(NC(=O)C(C)(C)C)sc1C(=O)N1CCCC2(CC=CCC2)C1. The standard InChI is InChI=1S/C21H30N2O2S/c1-15-13-16(22-19(25)20(2,3)4)26-17(15)18(24)23-12-8-11-21(14-23)9-6-5-7-10-21/h5-6,13H,7-12,14H2,1-4H3,(H,22,25). The Kier molecular flexibility index (Phi) is 5.29. The van der Waals surface area contributed by atoms with E-state index in [4.69, 9.17) is 0 Å². The molecular weight excluding hydrogens is 344 g/mol. The molecule has 0 bridgehead atoms. The predicted molar refractivity (Wildman–Crippen MR) is 108 cm³/mol. The zero-order valence-corrected chi connectivity index (χ0v) is 17.2. The smallest absolute Gasteiger partial charge is 0.264 e. The Bertz CT molecular complexity index is 729. The van der Waals surface area contributed by atoms with Crippen molar-refractivity contribution in [2.24, 2.45) is 10.8 Å². The van der Waals surface area contributed by atoms with Gasteiger partial charge in [-0.05, 0) is 56.1 Å². The van der Waals surface area contributed by atoms with Crippen molar-refractivity contribution in [3.8, 4) is 0 Å². The topological polar surface area (TPSA) is 49.4 Å². The second-order valence-electron chi connectivity index (χ2n) is 8.87. The molecule has 1 unspecified atom stereocenters. The van der Waals surface area contributed by atoms with E-state index < -0.39 is 5.41 Å². The van der Waals surface area contributed by atoms with Crippen molar-refractivity contribution in [1.29, 1.82) is 0 Å². The molecule has 1 saturated heterocycles. The first kappa shape index (κ1) is 19.2. The van der Waals surface area contributed by atoms with Crippen LogP contribution in [-0.4, -0.2) is 29.8 Å². The van der Waals surface area contributed by atoms with E-state index in [0.29, 0.717) is 0 Å². The molecule has 2 amide bonds. The zero-order chi connectivity index (χ0) is 18.9. The van der Waals surface area contributed by atoms with Crippen molar-refractivity contribution in [2.45, 2.75) is 59.8 Å². The first-order valence-electron chi connectivity index (χ1n) is 9.56. The Balaban J connectivity index is 1.73. The Morgan fingerprint density at radius 3 is 2.65 bits per heavy atom. The Hall–Kier alpha value is -1.62. The van der Waals surface area contributed by atoms with Crippen LogP contribution in [0.5, 0.6) is 0 Å². The fraction of sp³-hybridized carbons (Fsp3) is 0.619. The van der Waals surface area contributed by atoms with Gasteiger partial charge in [-0.1, -0.05) is 32.9 Å². The number of likely N-dealkylation sites (tertiary alicyclic amines) is 1. The second kappa shape index (κ2) is 7.18. The summed E-state index contributed by atoms with van der Waals surface area (Å²) >= 11 is 1.40. The Morgan fingerprint density at radius 2 is 2.00 bits per heavy atom. The molecule has 0 saturated carbocycles. The number of anilines is 1. The van der Waals surface area contributed by atoms with E-state index in [0.717, 1.165) is 47.8 Å². The molecule has 3 rings (SSSR count). The van der Waals surface area contributed by atoms with Crippen molar-refractivity contribution in [2.75, 3.05) is 18.4 Å². The van der Waals surface area contributed by atoms with Gasteiger partial charge >= 0.3 is 0 Å². The van der Waals surface area contributed by atoms with Gasteiger partial charge in [-0.15, -0.1) is 11.3 Å². The van der Waals surface area contributed by atoms with E-state index in [9.17, 15) is 9.59 Å². The summed E-state index contributed by atoms with van der Waals surface area (Å²) in [5, 5.41) is 3.72. The quantitative estimate of drug-likeness (QED) is 0.740. The van der Waals surface area contributed by atoms with Crippen LogP contribution in [0.25, 0.3) is 0 Å². The van der Waals surface area contributed by atoms with E-state index in [-0.39, 0.29) is 17.2 Å². The number of allylic oxidation sites excluding steroid dienone is 2. The molecule has 4 nitrogen and oxygen atoms in total. The lowest BCUT2D eigenvalue weighted by Gasteiger charge is -2.43. The monoisotopic (exact) mass is 374 g/mol. The van der Waals surface area contributed by atoms with Crippen LogP contribution in [0.15, 0.2) is 18.2 Å². The summed E-state index contributed by atoms with van der Waals surface area (Å²) in [6.45, 7) is 9.32. The van der Waals surface area contributed by atoms with Gasteiger partial charge in [0.25, 0.3) is 5.91 Å². The number of hydrogen-bond acceptors (Lipinski definition) is 3. The van der Waals surface area contributed by atoms with Gasteiger partial charge in [-0.2, -0.15) is 0 Å². The van der Waals surface area contributed by atoms with Crippen LogP contribution in [-0.2, 0) is 4.79 Å². The summed E-state index contributed by atoms with van der Waals surface area (Å²) in [7, 11) is 0. The lowest BCUT2D eigenvalue weighted by atomic mass is 9.71. The minimum absolute atomic E-state index is 0.0244. The van der Waals surface area contributed by atoms with E-state index in [2.05, 4.69) is 17.5 Å². The molecule has 1 atom stereocenters. The molecule has 2 aliphatic rings. The van der Waals surface area contributed by atoms with Crippen LogP contribution in [0.3, 0.4) is 0 Å². The first-order valence-corrected chi connectivity index (χ1v) is 10.4. The van der Waals surface area contributed by atoms with Crippen LogP contribution in [0.2, 0.25) is 0 Å². The van der Waals surface area contributed by atoms with Crippen LogP contribution < -0.4 is 5.32 Å². The maximum atomic E-state index is 13.1. The number of thiophene rings is 1. The lowest BCUT2D eigenvalue weighted by molar-refractivity contribution is -0.123. The highest BCUT2D eigenvalue weighted by Crippen LogP contribution is 2.41. The fourth-order valence-corrected chi connectivity index (χ4v) is 4.93. The van der Waals surface area contributed by atoms with Crippen LogP contribution in [0.4, 0.5) is 5.00 Å². The molecule has 5 heteroatoms. The molecule has 142 valence electrons. The van der Waals surface area contributed by atoms with Crippen LogP contribution >= 0.6 is 11.3 Å². The predicted octanol–water partition coefficient (Wildman–Crippen LogP) is 5.00. The minimum Gasteiger partial charge on any atom is -0.337 e. The van der Waals surface area contributed by atoms with Gasteiger partial charge in [-0.25, -0.2) is 0 Å². The second-order valence-corrected chi connectivity index (χ2v) is 9.92. The molecule has 1 aromatic rings. The highest BCUT2D eigenvalue weighted by molar-refractivity contribution is 7.18. The summed E-state index contributed by atoms with van der Waals surface area (Å²) in [5.74, 6) is 0.0982. The number of hydrogen-bond donors (Lipinski definition) is 1. The number of nitrogens with one attached hydrogen (secondary N) is 1. The van der Waals surface area contributed by atoms with Crippen molar-refractivity contribution in [3.63, 3.8) is 0 Å². The Labute approximate surface area is 160 Å². The first-order chi connectivity index (χ1) is 12.2. The molecule has 1 fully saturated rings. The van der Waals surface area contributed by atoms with E-state index in [1.54, 1.807) is 0 Å². The maximum Gasteiger partial charge on any atom is 0.264 e. The van der Waals surface area contributed by atoms with Crippen LogP contribution in [0.1, 0.15) is 68.1 Å². The average molecular weight is 375 g/mol. The number of carbonyl (C=O) groups is 2. The number of carbonyl (C=O) groups excluding carboxylic acids is 2. The lowest BCUT2D eigenvalue weighted by Crippen LogP contribution is -2.46. The molecule has 1 aliphatic heterocycles. The van der Waals surface area contributed by atoms with Gasteiger partial charge in [0.2, 0.25) is 5.91 Å². The number of rotatable bonds is 2. The summed E-state index contributed by atoms with van der Waals surface area (Å²) in [6.07, 6.45) is 10.3. The third-order valence-corrected chi connectivity index (χ3v) is 6.68. The van der Waals surface area contributed by atoms with Crippen LogP contribution in [0, 0.1) is 17.8 Å². The summed E-state index contributed by atoms with van der Waals surface area (Å²) in [5.41, 5.74) is 0.778. The summed E-state index contributed by atoms with van der Waals surface area (Å²) < 4.78 is 0. The summed E-state index contributed by atoms with van der Waals surface area (Å²) in [6, 6.07) is 1.92. The molecule has 1 aliphatic carbocycles. The number of amides is 2. The highest BCUT2D eigenvalue weighted by atomic mass is 32.1. The van der Waals surface area contributed by atoms with E-state index in [1.807, 2.05) is 38.7 Å². The van der Waals surface area contributed by atoms with Crippen molar-refractivity contribution in [3.05, 3.63) is 28.7 Å². The third kappa shape index (κ3) is 4.03. The number of nitrogens with zero attached hydrogens (tertiary/aromatic N) is 1. The van der Waals surface area contributed by atoms with Gasteiger partial charge < -0.3 is 10.2 Å². The van der Waals surface area contributed by atoms with Crippen molar-refractivity contribution >= 4 is 28.2 Å². The molecular formula is C21H30N2O2S. The van der Waals surface area contributed by atoms with Gasteiger partial charge in [0.05, 0.1) is 9.88 Å². The van der Waals surface area contributed by atoms with Gasteiger partial charge in [0.1, 0.15) is 0 Å². The number of aryl methyl sites for hydroxylation is 1. The fourth-order valence-electron chi connectivity index (χ4n) is 3.89. The molecule has 0 radical (unpaired) electrons. The third-order valence-electron chi connectivity index (χ3n) is 5.54. The zero-order valence-electron chi connectivity index (χ0n) is 16.4. The largest absolute Gasteiger partial charge is 0.337 e. The average Bonchev–Trinajstić information content (AvgIpc) is 2.94. The molecule has 1 aromatic heterocycles. The molecule has 0 aromatic carbocycles. The maximum absolute atomic E-state index is 13.1. The molecule has 26 heavy (non-hydrogen) atoms. The highest BCUT2D eigenvalue weighted by Gasteiger charge is 2.37. The molecule has 1 N–H and O–H groups in total. The normalized spacial score (nSPS) is 23.3. The van der Waals surface area contributed by atoms with Gasteiger partial charge in [-0.3, -0.25) is 9.59 Å².